The van der Waals surface area contributed by atoms with Gasteiger partial charge >= 0.3 is 0 Å². The van der Waals surface area contributed by atoms with Crippen LogP contribution < -0.4 is 0 Å². The van der Waals surface area contributed by atoms with Crippen LogP contribution in [0, 0.1) is 6.92 Å². The summed E-state index contributed by atoms with van der Waals surface area (Å²) in [5, 5.41) is 9.34. The predicted molar refractivity (Wildman–Crippen MR) is 59.9 cm³/mol. The number of amides is 1. The summed E-state index contributed by atoms with van der Waals surface area (Å²) < 4.78 is 0. The van der Waals surface area contributed by atoms with Crippen LogP contribution >= 0.6 is 0 Å². The number of aryl methyl sites for hydroxylation is 1. The molecule has 4 heteroatoms. The maximum absolute atomic E-state index is 11.8. The average molecular weight is 220 g/mol. The Morgan fingerprint density at radius 1 is 1.62 bits per heavy atom. The molecule has 2 rings (SSSR count). The second-order valence-electron chi connectivity index (χ2n) is 4.27. The fourth-order valence-corrected chi connectivity index (χ4v) is 1.86. The van der Waals surface area contributed by atoms with E-state index in [1.807, 2.05) is 19.1 Å². The van der Waals surface area contributed by atoms with E-state index in [1.54, 1.807) is 11.1 Å². The summed E-state index contributed by atoms with van der Waals surface area (Å²) in [5.41, 5.74) is 1.88. The van der Waals surface area contributed by atoms with Gasteiger partial charge in [-0.05, 0) is 25.0 Å². The van der Waals surface area contributed by atoms with Gasteiger partial charge in [0.1, 0.15) is 0 Å². The van der Waals surface area contributed by atoms with Crippen molar-refractivity contribution in [3.63, 3.8) is 0 Å². The van der Waals surface area contributed by atoms with Gasteiger partial charge < -0.3 is 10.0 Å². The maximum Gasteiger partial charge on any atom is 0.227 e. The SMILES string of the molecule is Cc1ccc(CC(=O)N2CC[C@@H](O)C2)cn1. The Morgan fingerprint density at radius 3 is 3.00 bits per heavy atom. The lowest BCUT2D eigenvalue weighted by atomic mass is 10.2. The highest BCUT2D eigenvalue weighted by molar-refractivity contribution is 5.79. The molecule has 1 aliphatic heterocycles. The molecule has 0 aromatic carbocycles. The van der Waals surface area contributed by atoms with E-state index in [2.05, 4.69) is 4.98 Å². The van der Waals surface area contributed by atoms with Crippen molar-refractivity contribution >= 4 is 5.91 Å². The first-order chi connectivity index (χ1) is 7.65. The summed E-state index contributed by atoms with van der Waals surface area (Å²) in [5.74, 6) is 0.0715. The number of hydrogen-bond acceptors (Lipinski definition) is 3. The van der Waals surface area contributed by atoms with E-state index < -0.39 is 0 Å². The largest absolute Gasteiger partial charge is 0.391 e. The molecular weight excluding hydrogens is 204 g/mol. The lowest BCUT2D eigenvalue weighted by Crippen LogP contribution is -2.30. The van der Waals surface area contributed by atoms with Crippen molar-refractivity contribution in [2.75, 3.05) is 13.1 Å². The molecule has 1 fully saturated rings. The molecule has 0 saturated carbocycles. The van der Waals surface area contributed by atoms with Crippen molar-refractivity contribution in [2.45, 2.75) is 25.9 Å². The molecule has 0 aliphatic carbocycles. The summed E-state index contributed by atoms with van der Waals surface area (Å²) in [6, 6.07) is 3.83. The Morgan fingerprint density at radius 2 is 2.44 bits per heavy atom. The number of β-amino-alcohol motifs (C(OH)–C–C–N with tert-alkyl or cyclic N) is 1. The zero-order valence-electron chi connectivity index (χ0n) is 9.39. The van der Waals surface area contributed by atoms with Crippen LogP contribution in [0.15, 0.2) is 18.3 Å². The maximum atomic E-state index is 11.8. The molecule has 4 nitrogen and oxygen atoms in total. The first kappa shape index (κ1) is 11.1. The summed E-state index contributed by atoms with van der Waals surface area (Å²) in [6.07, 6.45) is 2.46. The number of carbonyl (C=O) groups is 1. The van der Waals surface area contributed by atoms with Gasteiger partial charge in [-0.3, -0.25) is 9.78 Å². The van der Waals surface area contributed by atoms with Gasteiger partial charge in [0.05, 0.1) is 12.5 Å². The quantitative estimate of drug-likeness (QED) is 0.790. The number of aromatic nitrogens is 1. The van der Waals surface area contributed by atoms with Crippen molar-refractivity contribution < 1.29 is 9.90 Å². The number of rotatable bonds is 2. The zero-order valence-corrected chi connectivity index (χ0v) is 9.39. The first-order valence-corrected chi connectivity index (χ1v) is 5.52. The Balaban J connectivity index is 1.94. The Bertz CT molecular complexity index is 375. The number of aliphatic hydroxyl groups excluding tert-OH is 1. The first-order valence-electron chi connectivity index (χ1n) is 5.52. The van der Waals surface area contributed by atoms with E-state index in [1.165, 1.54) is 0 Å². The molecule has 1 N–H and O–H groups in total. The third-order valence-corrected chi connectivity index (χ3v) is 2.84. The number of aliphatic hydroxyl groups is 1. The van der Waals surface area contributed by atoms with Crippen molar-refractivity contribution in [3.8, 4) is 0 Å². The highest BCUT2D eigenvalue weighted by atomic mass is 16.3. The van der Waals surface area contributed by atoms with Gasteiger partial charge in [0, 0.05) is 25.0 Å². The smallest absolute Gasteiger partial charge is 0.227 e. The highest BCUT2D eigenvalue weighted by Crippen LogP contribution is 2.11. The second kappa shape index (κ2) is 4.61. The molecular formula is C12H16N2O2. The van der Waals surface area contributed by atoms with Gasteiger partial charge in [-0.2, -0.15) is 0 Å². The summed E-state index contributed by atoms with van der Waals surface area (Å²) in [6.45, 7) is 3.06. The van der Waals surface area contributed by atoms with Gasteiger partial charge in [0.25, 0.3) is 0 Å². The van der Waals surface area contributed by atoms with E-state index in [-0.39, 0.29) is 12.0 Å². The van der Waals surface area contributed by atoms with E-state index >= 15 is 0 Å². The average Bonchev–Trinajstić information content (AvgIpc) is 2.68. The number of nitrogens with zero attached hydrogens (tertiary/aromatic N) is 2. The molecule has 1 aliphatic rings. The Kier molecular flexibility index (Phi) is 3.19. The Hall–Kier alpha value is -1.42. The summed E-state index contributed by atoms with van der Waals surface area (Å²) >= 11 is 0. The third-order valence-electron chi connectivity index (χ3n) is 2.84. The monoisotopic (exact) mass is 220 g/mol. The molecule has 0 bridgehead atoms. The minimum Gasteiger partial charge on any atom is -0.391 e. The molecule has 0 spiro atoms. The number of hydrogen-bond donors (Lipinski definition) is 1. The van der Waals surface area contributed by atoms with Crippen LogP contribution in [0.4, 0.5) is 0 Å². The number of likely N-dealkylation sites (tertiary alicyclic amines) is 1. The van der Waals surface area contributed by atoms with Crippen molar-refractivity contribution in [3.05, 3.63) is 29.6 Å². The summed E-state index contributed by atoms with van der Waals surface area (Å²) in [7, 11) is 0. The van der Waals surface area contributed by atoms with E-state index in [0.717, 1.165) is 11.3 Å². The molecule has 1 aromatic rings. The van der Waals surface area contributed by atoms with Gasteiger partial charge in [0.15, 0.2) is 0 Å². The van der Waals surface area contributed by atoms with Gasteiger partial charge in [-0.15, -0.1) is 0 Å². The van der Waals surface area contributed by atoms with Crippen molar-refractivity contribution in [2.24, 2.45) is 0 Å². The van der Waals surface area contributed by atoms with Gasteiger partial charge in [0.2, 0.25) is 5.91 Å². The topological polar surface area (TPSA) is 53.4 Å². The second-order valence-corrected chi connectivity index (χ2v) is 4.27. The lowest BCUT2D eigenvalue weighted by Gasteiger charge is -2.15. The van der Waals surface area contributed by atoms with Crippen LogP contribution in [-0.2, 0) is 11.2 Å². The number of carbonyl (C=O) groups excluding carboxylic acids is 1. The molecule has 1 amide bonds. The molecule has 0 unspecified atom stereocenters. The van der Waals surface area contributed by atoms with E-state index in [0.29, 0.717) is 25.9 Å². The van der Waals surface area contributed by atoms with E-state index in [4.69, 9.17) is 0 Å². The standard InChI is InChI=1S/C12H16N2O2/c1-9-2-3-10(7-13-9)6-12(16)14-5-4-11(15)8-14/h2-3,7,11,15H,4-6,8H2,1H3/t11-/m1/s1. The van der Waals surface area contributed by atoms with Gasteiger partial charge in [-0.1, -0.05) is 6.07 Å². The molecule has 2 heterocycles. The minimum absolute atomic E-state index is 0.0715. The molecule has 1 aromatic heterocycles. The van der Waals surface area contributed by atoms with Crippen LogP contribution in [0.5, 0.6) is 0 Å². The van der Waals surface area contributed by atoms with Crippen LogP contribution in [0.2, 0.25) is 0 Å². The van der Waals surface area contributed by atoms with Crippen LogP contribution in [-0.4, -0.2) is 40.1 Å². The van der Waals surface area contributed by atoms with Crippen molar-refractivity contribution in [1.29, 1.82) is 0 Å². The minimum atomic E-state index is -0.347. The zero-order chi connectivity index (χ0) is 11.5. The molecule has 1 saturated heterocycles. The Labute approximate surface area is 94.9 Å². The lowest BCUT2D eigenvalue weighted by molar-refractivity contribution is -0.129. The fourth-order valence-electron chi connectivity index (χ4n) is 1.86. The fraction of sp³-hybridized carbons (Fsp3) is 0.500. The van der Waals surface area contributed by atoms with Crippen LogP contribution in [0.25, 0.3) is 0 Å². The molecule has 16 heavy (non-hydrogen) atoms. The molecule has 86 valence electrons. The third kappa shape index (κ3) is 2.58. The van der Waals surface area contributed by atoms with Gasteiger partial charge in [-0.25, -0.2) is 0 Å². The highest BCUT2D eigenvalue weighted by Gasteiger charge is 2.24. The predicted octanol–water partition coefficient (Wildman–Crippen LogP) is 0.526. The van der Waals surface area contributed by atoms with Crippen LogP contribution in [0.3, 0.4) is 0 Å². The molecule has 1 atom stereocenters. The van der Waals surface area contributed by atoms with Crippen molar-refractivity contribution in [1.82, 2.24) is 9.88 Å². The normalized spacial score (nSPS) is 20.1. The number of pyridine rings is 1. The van der Waals surface area contributed by atoms with E-state index in [9.17, 15) is 9.90 Å². The van der Waals surface area contributed by atoms with Crippen LogP contribution in [0.1, 0.15) is 17.7 Å². The summed E-state index contributed by atoms with van der Waals surface area (Å²) in [4.78, 5) is 17.7. The molecule has 0 radical (unpaired) electrons.